The van der Waals surface area contributed by atoms with Gasteiger partial charge in [-0.3, -0.25) is 0 Å². The highest BCUT2D eigenvalue weighted by Gasteiger charge is 2.29. The smallest absolute Gasteiger partial charge is 0.126 e. The van der Waals surface area contributed by atoms with Gasteiger partial charge in [0.05, 0.1) is 7.11 Å². The lowest BCUT2D eigenvalue weighted by molar-refractivity contribution is -0.116. The molecule has 2 nitrogen and oxygen atoms in total. The van der Waals surface area contributed by atoms with Crippen molar-refractivity contribution in [3.05, 3.63) is 59.4 Å². The maximum Gasteiger partial charge on any atom is 0.126 e. The first-order valence-electron chi connectivity index (χ1n) is 10.6. The summed E-state index contributed by atoms with van der Waals surface area (Å²) in [6.07, 6.45) is 7.95. The third-order valence-corrected chi connectivity index (χ3v) is 6.80. The Bertz CT molecular complexity index is 767. The maximum atomic E-state index is 14.0. The largest absolute Gasteiger partial charge is 0.497 e. The Labute approximate surface area is 179 Å². The molecule has 0 aliphatic rings. The first-order valence-corrected chi connectivity index (χ1v) is 11.5. The first kappa shape index (κ1) is 23.5. The molecule has 0 saturated carbocycles. The molecule has 0 fully saturated rings. The Morgan fingerprint density at radius 1 is 1.07 bits per heavy atom. The van der Waals surface area contributed by atoms with E-state index in [-0.39, 0.29) is 11.2 Å². The molecule has 0 aliphatic carbocycles. The van der Waals surface area contributed by atoms with E-state index in [1.807, 2.05) is 30.3 Å². The molecular formula is C25H33FO2S. The molecular weight excluding hydrogens is 383 g/mol. The molecule has 29 heavy (non-hydrogen) atoms. The lowest BCUT2D eigenvalue weighted by atomic mass is 9.81. The summed E-state index contributed by atoms with van der Waals surface area (Å²) < 4.78 is 19.3. The minimum Gasteiger partial charge on any atom is -0.497 e. The van der Waals surface area contributed by atoms with Crippen LogP contribution < -0.4 is 4.74 Å². The van der Waals surface area contributed by atoms with Gasteiger partial charge in [-0.25, -0.2) is 4.39 Å². The number of ether oxygens (including phenoxy) is 1. The van der Waals surface area contributed by atoms with Crippen molar-refractivity contribution in [2.75, 3.05) is 12.9 Å². The van der Waals surface area contributed by atoms with Gasteiger partial charge in [-0.1, -0.05) is 51.7 Å². The van der Waals surface area contributed by atoms with Crippen molar-refractivity contribution in [2.45, 2.75) is 63.7 Å². The number of carbonyl (C=O) groups excluding carboxylic acids is 1. The molecule has 0 unspecified atom stereocenters. The average molecular weight is 417 g/mol. The zero-order valence-electron chi connectivity index (χ0n) is 17.9. The van der Waals surface area contributed by atoms with Gasteiger partial charge >= 0.3 is 0 Å². The third kappa shape index (κ3) is 7.18. The second-order valence-corrected chi connectivity index (χ2v) is 8.77. The van der Waals surface area contributed by atoms with E-state index in [4.69, 9.17) is 4.74 Å². The Morgan fingerprint density at radius 3 is 2.41 bits per heavy atom. The van der Waals surface area contributed by atoms with Gasteiger partial charge in [0.1, 0.15) is 17.9 Å². The molecule has 0 spiro atoms. The minimum atomic E-state index is -0.293. The van der Waals surface area contributed by atoms with Crippen LogP contribution in [0.2, 0.25) is 0 Å². The fraction of sp³-hybridized carbons (Fsp3) is 0.480. The van der Waals surface area contributed by atoms with Gasteiger partial charge in [0.25, 0.3) is 0 Å². The monoisotopic (exact) mass is 416 g/mol. The quantitative estimate of drug-likeness (QED) is 0.258. The molecule has 0 radical (unpaired) electrons. The Kier molecular flexibility index (Phi) is 9.72. The second kappa shape index (κ2) is 12.0. The second-order valence-electron chi connectivity index (χ2n) is 7.76. The molecule has 0 aromatic heterocycles. The Balaban J connectivity index is 2.21. The number of carbonyl (C=O) groups is 1. The van der Waals surface area contributed by atoms with Crippen LogP contribution in [-0.4, -0.2) is 19.1 Å². The summed E-state index contributed by atoms with van der Waals surface area (Å²) in [5.41, 5.74) is 1.74. The van der Waals surface area contributed by atoms with E-state index in [1.54, 1.807) is 24.9 Å². The Hall–Kier alpha value is -1.81. The summed E-state index contributed by atoms with van der Waals surface area (Å²) in [5, 5.41) is 0. The maximum absolute atomic E-state index is 14.0. The van der Waals surface area contributed by atoms with Gasteiger partial charge in [0.15, 0.2) is 0 Å². The topological polar surface area (TPSA) is 26.3 Å². The summed E-state index contributed by atoms with van der Waals surface area (Å²) in [6.45, 7) is 4.32. The van der Waals surface area contributed by atoms with Crippen LogP contribution in [-0.2, 0) is 11.2 Å². The van der Waals surface area contributed by atoms with E-state index >= 15 is 0 Å². The number of methoxy groups -OCH3 is 1. The van der Waals surface area contributed by atoms with Gasteiger partial charge in [-0.15, -0.1) is 11.8 Å². The van der Waals surface area contributed by atoms with E-state index in [9.17, 15) is 9.18 Å². The molecule has 2 aromatic rings. The van der Waals surface area contributed by atoms with Gasteiger partial charge in [0, 0.05) is 16.1 Å². The fourth-order valence-corrected chi connectivity index (χ4v) is 4.81. The number of rotatable bonds is 13. The molecule has 0 amide bonds. The van der Waals surface area contributed by atoms with Crippen LogP contribution in [0.3, 0.4) is 0 Å². The highest BCUT2D eigenvalue weighted by molar-refractivity contribution is 7.99. The van der Waals surface area contributed by atoms with Crippen LogP contribution in [0, 0.1) is 11.2 Å². The van der Waals surface area contributed by atoms with Crippen LogP contribution in [0.1, 0.15) is 63.5 Å². The van der Waals surface area contributed by atoms with Gasteiger partial charge < -0.3 is 9.53 Å². The lowest BCUT2D eigenvalue weighted by Gasteiger charge is -2.28. The van der Waals surface area contributed by atoms with E-state index in [0.29, 0.717) is 6.42 Å². The van der Waals surface area contributed by atoms with Crippen molar-refractivity contribution in [3.63, 3.8) is 0 Å². The van der Waals surface area contributed by atoms with Crippen molar-refractivity contribution >= 4 is 18.0 Å². The van der Waals surface area contributed by atoms with Crippen LogP contribution in [0.5, 0.6) is 5.75 Å². The minimum absolute atomic E-state index is 0.231. The molecule has 0 heterocycles. The number of benzene rings is 2. The van der Waals surface area contributed by atoms with Crippen molar-refractivity contribution < 1.29 is 13.9 Å². The predicted octanol–water partition coefficient (Wildman–Crippen LogP) is 7.08. The fourth-order valence-electron chi connectivity index (χ4n) is 3.53. The summed E-state index contributed by atoms with van der Waals surface area (Å²) in [5.74, 6) is 1.31. The number of unbranched alkanes of at least 4 members (excludes halogenated alkanes) is 2. The molecule has 0 N–H and O–H groups in total. The van der Waals surface area contributed by atoms with E-state index in [0.717, 1.165) is 66.0 Å². The van der Waals surface area contributed by atoms with Gasteiger partial charge in [-0.2, -0.15) is 0 Å². The molecule has 2 rings (SSSR count). The van der Waals surface area contributed by atoms with Crippen molar-refractivity contribution in [2.24, 2.45) is 5.41 Å². The van der Waals surface area contributed by atoms with Crippen molar-refractivity contribution in [1.82, 2.24) is 0 Å². The number of hydrogen-bond donors (Lipinski definition) is 0. The van der Waals surface area contributed by atoms with Crippen molar-refractivity contribution in [3.8, 4) is 5.75 Å². The van der Waals surface area contributed by atoms with Crippen LogP contribution in [0.15, 0.2) is 47.4 Å². The zero-order chi connectivity index (χ0) is 21.1. The molecule has 2 aromatic carbocycles. The lowest BCUT2D eigenvalue weighted by Crippen LogP contribution is -2.26. The summed E-state index contributed by atoms with van der Waals surface area (Å²) in [7, 11) is 1.65. The average Bonchev–Trinajstić information content (AvgIpc) is 2.75. The zero-order valence-corrected chi connectivity index (χ0v) is 18.7. The highest BCUT2D eigenvalue weighted by atomic mass is 32.2. The SMILES string of the molecule is CCCCC(C=O)(CCCC)CSc1ccc(F)cc1Cc1cccc(OC)c1. The number of aldehydes is 1. The first-order chi connectivity index (χ1) is 14.1. The van der Waals surface area contributed by atoms with Crippen molar-refractivity contribution in [1.29, 1.82) is 0 Å². The van der Waals surface area contributed by atoms with E-state index in [1.165, 1.54) is 12.4 Å². The normalized spacial score (nSPS) is 11.4. The van der Waals surface area contributed by atoms with Crippen LogP contribution in [0.25, 0.3) is 0 Å². The summed E-state index contributed by atoms with van der Waals surface area (Å²) in [6, 6.07) is 12.8. The molecule has 0 bridgehead atoms. The molecule has 0 aliphatic heterocycles. The Morgan fingerprint density at radius 2 is 1.79 bits per heavy atom. The molecule has 4 heteroatoms. The van der Waals surface area contributed by atoms with Gasteiger partial charge in [-0.05, 0) is 60.7 Å². The summed E-state index contributed by atoms with van der Waals surface area (Å²) >= 11 is 1.69. The summed E-state index contributed by atoms with van der Waals surface area (Å²) in [4.78, 5) is 13.1. The number of thioether (sulfide) groups is 1. The van der Waals surface area contributed by atoms with Crippen LogP contribution >= 0.6 is 11.8 Å². The number of hydrogen-bond acceptors (Lipinski definition) is 3. The molecule has 158 valence electrons. The van der Waals surface area contributed by atoms with Gasteiger partial charge in [0.2, 0.25) is 0 Å². The van der Waals surface area contributed by atoms with Crippen LogP contribution in [0.4, 0.5) is 4.39 Å². The predicted molar refractivity (Wildman–Crippen MR) is 120 cm³/mol. The molecule has 0 atom stereocenters. The molecule has 0 saturated heterocycles. The number of halogens is 1. The van der Waals surface area contributed by atoms with E-state index < -0.39 is 0 Å². The van der Waals surface area contributed by atoms with E-state index in [2.05, 4.69) is 13.8 Å². The highest BCUT2D eigenvalue weighted by Crippen LogP contribution is 2.37. The third-order valence-electron chi connectivity index (χ3n) is 5.37. The standard InChI is InChI=1S/C25H33FO2S/c1-4-6-13-25(18-27,14-7-5-2)19-29-24-12-11-22(26)17-21(24)15-20-9-8-10-23(16-20)28-3/h8-12,16-18H,4-7,13-15,19H2,1-3H3.